The maximum Gasteiger partial charge on any atom is 0.0700 e. The number of nitrogens with two attached hydrogens (primary N) is 1. The van der Waals surface area contributed by atoms with Crippen molar-refractivity contribution in [3.8, 4) is 0 Å². The third kappa shape index (κ3) is 3.70. The quantitative estimate of drug-likeness (QED) is 0.610. The van der Waals surface area contributed by atoms with Crippen LogP contribution in [0.25, 0.3) is 0 Å². The van der Waals surface area contributed by atoms with Gasteiger partial charge in [-0.1, -0.05) is 6.42 Å². The molecule has 0 aliphatic heterocycles. The van der Waals surface area contributed by atoms with Crippen LogP contribution < -0.4 is 5.73 Å². The summed E-state index contributed by atoms with van der Waals surface area (Å²) in [6, 6.07) is 0. The fourth-order valence-electron chi connectivity index (χ4n) is 2.52. The van der Waals surface area contributed by atoms with E-state index in [0.717, 1.165) is 38.7 Å². The van der Waals surface area contributed by atoms with Crippen molar-refractivity contribution in [3.63, 3.8) is 0 Å². The molecule has 1 fully saturated rings. The van der Waals surface area contributed by atoms with Crippen LogP contribution in [0, 0.1) is 5.41 Å². The zero-order chi connectivity index (χ0) is 11.9. The van der Waals surface area contributed by atoms with E-state index in [1.165, 1.54) is 0 Å². The predicted octanol–water partition coefficient (Wildman–Crippen LogP) is 0.919. The van der Waals surface area contributed by atoms with Crippen LogP contribution in [-0.2, 0) is 9.47 Å². The highest BCUT2D eigenvalue weighted by Gasteiger charge is 2.39. The van der Waals surface area contributed by atoms with Crippen LogP contribution in [0.5, 0.6) is 0 Å². The van der Waals surface area contributed by atoms with Crippen LogP contribution in [0.1, 0.15) is 32.1 Å². The first kappa shape index (κ1) is 13.9. The Morgan fingerprint density at radius 3 is 2.75 bits per heavy atom. The molecule has 2 unspecified atom stereocenters. The van der Waals surface area contributed by atoms with Gasteiger partial charge in [-0.2, -0.15) is 0 Å². The van der Waals surface area contributed by atoms with Gasteiger partial charge in [-0.05, 0) is 25.7 Å². The lowest BCUT2D eigenvalue weighted by atomic mass is 9.80. The molecule has 0 amide bonds. The number of ether oxygens (including phenoxy) is 2. The van der Waals surface area contributed by atoms with E-state index in [9.17, 15) is 5.11 Å². The minimum absolute atomic E-state index is 0.0371. The number of hydrogen-bond acceptors (Lipinski definition) is 4. The molecule has 2 atom stereocenters. The van der Waals surface area contributed by atoms with Crippen molar-refractivity contribution in [2.75, 3.05) is 33.5 Å². The molecule has 0 aromatic carbocycles. The van der Waals surface area contributed by atoms with E-state index < -0.39 is 0 Å². The average molecular weight is 231 g/mol. The van der Waals surface area contributed by atoms with Gasteiger partial charge in [0.15, 0.2) is 0 Å². The maximum absolute atomic E-state index is 9.94. The van der Waals surface area contributed by atoms with E-state index in [-0.39, 0.29) is 11.5 Å². The van der Waals surface area contributed by atoms with Crippen molar-refractivity contribution in [1.82, 2.24) is 0 Å². The second kappa shape index (κ2) is 7.22. The lowest BCUT2D eigenvalue weighted by Gasteiger charge is -2.31. The average Bonchev–Trinajstić information content (AvgIpc) is 2.66. The molecule has 1 saturated carbocycles. The molecule has 16 heavy (non-hydrogen) atoms. The standard InChI is InChI=1S/C12H25NO3/c1-15-8-9-16-7-3-6-12(10-13)5-2-4-11(12)14/h11,14H,2-10,13H2,1H3. The van der Waals surface area contributed by atoms with Crippen LogP contribution in [-0.4, -0.2) is 44.7 Å². The summed E-state index contributed by atoms with van der Waals surface area (Å²) in [6.07, 6.45) is 4.79. The van der Waals surface area contributed by atoms with Gasteiger partial charge in [0.2, 0.25) is 0 Å². The molecule has 1 aliphatic rings. The molecular weight excluding hydrogens is 206 g/mol. The molecule has 0 saturated heterocycles. The Labute approximate surface area is 98.1 Å². The number of hydrogen-bond donors (Lipinski definition) is 2. The monoisotopic (exact) mass is 231 g/mol. The summed E-state index contributed by atoms with van der Waals surface area (Å²) in [6.45, 7) is 2.61. The van der Waals surface area contributed by atoms with Crippen molar-refractivity contribution in [3.05, 3.63) is 0 Å². The number of rotatable bonds is 8. The van der Waals surface area contributed by atoms with Crippen LogP contribution in [0.15, 0.2) is 0 Å². The highest BCUT2D eigenvalue weighted by atomic mass is 16.5. The highest BCUT2D eigenvalue weighted by Crippen LogP contribution is 2.41. The highest BCUT2D eigenvalue weighted by molar-refractivity contribution is 4.92. The normalized spacial score (nSPS) is 29.8. The Kier molecular flexibility index (Phi) is 6.28. The van der Waals surface area contributed by atoms with Gasteiger partial charge in [-0.25, -0.2) is 0 Å². The van der Waals surface area contributed by atoms with E-state index in [0.29, 0.717) is 19.8 Å². The summed E-state index contributed by atoms with van der Waals surface area (Å²) in [5.74, 6) is 0. The van der Waals surface area contributed by atoms with Crippen LogP contribution in [0.4, 0.5) is 0 Å². The van der Waals surface area contributed by atoms with Crippen LogP contribution in [0.2, 0.25) is 0 Å². The van der Waals surface area contributed by atoms with E-state index in [2.05, 4.69) is 0 Å². The lowest BCUT2D eigenvalue weighted by Crippen LogP contribution is -2.37. The third-order valence-corrected chi connectivity index (χ3v) is 3.66. The molecule has 1 aliphatic carbocycles. The number of aliphatic hydroxyl groups is 1. The number of aliphatic hydroxyl groups excluding tert-OH is 1. The van der Waals surface area contributed by atoms with Gasteiger partial charge >= 0.3 is 0 Å². The Morgan fingerprint density at radius 2 is 2.19 bits per heavy atom. The summed E-state index contributed by atoms with van der Waals surface area (Å²) in [4.78, 5) is 0. The van der Waals surface area contributed by atoms with Crippen LogP contribution in [0.3, 0.4) is 0 Å². The summed E-state index contributed by atoms with van der Waals surface area (Å²) < 4.78 is 10.3. The van der Waals surface area contributed by atoms with Gasteiger partial charge in [0.05, 0.1) is 19.3 Å². The fourth-order valence-corrected chi connectivity index (χ4v) is 2.52. The summed E-state index contributed by atoms with van der Waals surface area (Å²) in [5, 5.41) is 9.94. The Hall–Kier alpha value is -0.160. The molecule has 3 N–H and O–H groups in total. The molecule has 4 heteroatoms. The fraction of sp³-hybridized carbons (Fsp3) is 1.00. The molecule has 0 aromatic rings. The summed E-state index contributed by atoms with van der Waals surface area (Å²) in [5.41, 5.74) is 5.76. The van der Waals surface area contributed by atoms with E-state index in [1.54, 1.807) is 7.11 Å². The molecule has 0 spiro atoms. The second-order valence-electron chi connectivity index (χ2n) is 4.68. The molecule has 0 aromatic heterocycles. The second-order valence-corrected chi connectivity index (χ2v) is 4.68. The molecule has 0 bridgehead atoms. The molecule has 1 rings (SSSR count). The number of methoxy groups -OCH3 is 1. The van der Waals surface area contributed by atoms with Gasteiger partial charge < -0.3 is 20.3 Å². The zero-order valence-electron chi connectivity index (χ0n) is 10.3. The van der Waals surface area contributed by atoms with Gasteiger partial charge in [-0.3, -0.25) is 0 Å². The third-order valence-electron chi connectivity index (χ3n) is 3.66. The molecule has 96 valence electrons. The van der Waals surface area contributed by atoms with E-state index in [1.807, 2.05) is 0 Å². The smallest absolute Gasteiger partial charge is 0.0700 e. The van der Waals surface area contributed by atoms with Gasteiger partial charge in [0.1, 0.15) is 0 Å². The predicted molar refractivity (Wildman–Crippen MR) is 63.3 cm³/mol. The van der Waals surface area contributed by atoms with Crippen LogP contribution >= 0.6 is 0 Å². The van der Waals surface area contributed by atoms with E-state index >= 15 is 0 Å². The molecular formula is C12H25NO3. The maximum atomic E-state index is 9.94. The van der Waals surface area contributed by atoms with Gasteiger partial charge in [0, 0.05) is 25.7 Å². The van der Waals surface area contributed by atoms with E-state index in [4.69, 9.17) is 15.2 Å². The first-order valence-electron chi connectivity index (χ1n) is 6.20. The van der Waals surface area contributed by atoms with Gasteiger partial charge in [-0.15, -0.1) is 0 Å². The molecule has 4 nitrogen and oxygen atoms in total. The SMILES string of the molecule is COCCOCCCC1(CN)CCCC1O. The summed E-state index contributed by atoms with van der Waals surface area (Å²) >= 11 is 0. The summed E-state index contributed by atoms with van der Waals surface area (Å²) in [7, 11) is 1.67. The molecule has 0 radical (unpaired) electrons. The lowest BCUT2D eigenvalue weighted by molar-refractivity contribution is 0.0327. The Bertz CT molecular complexity index is 189. The zero-order valence-corrected chi connectivity index (χ0v) is 10.3. The topological polar surface area (TPSA) is 64.7 Å². The first-order chi connectivity index (χ1) is 7.75. The Balaban J connectivity index is 2.14. The molecule has 0 heterocycles. The van der Waals surface area contributed by atoms with Crippen molar-refractivity contribution >= 4 is 0 Å². The van der Waals surface area contributed by atoms with Crippen molar-refractivity contribution in [2.24, 2.45) is 11.1 Å². The minimum atomic E-state index is -0.212. The van der Waals surface area contributed by atoms with Crippen molar-refractivity contribution in [2.45, 2.75) is 38.2 Å². The van der Waals surface area contributed by atoms with Crippen molar-refractivity contribution < 1.29 is 14.6 Å². The minimum Gasteiger partial charge on any atom is -0.393 e. The van der Waals surface area contributed by atoms with Crippen molar-refractivity contribution in [1.29, 1.82) is 0 Å². The first-order valence-corrected chi connectivity index (χ1v) is 6.20. The van der Waals surface area contributed by atoms with Gasteiger partial charge in [0.25, 0.3) is 0 Å². The Morgan fingerprint density at radius 1 is 1.38 bits per heavy atom. The largest absolute Gasteiger partial charge is 0.393 e.